The molecule has 1 aliphatic rings. The summed E-state index contributed by atoms with van der Waals surface area (Å²) in [5.74, 6) is 0.221. The highest BCUT2D eigenvalue weighted by Gasteiger charge is 2.33. The van der Waals surface area contributed by atoms with Crippen molar-refractivity contribution in [2.24, 2.45) is 4.99 Å². The lowest BCUT2D eigenvalue weighted by molar-refractivity contribution is -0.139. The first-order valence-electron chi connectivity index (χ1n) is 12.1. The highest BCUT2D eigenvalue weighted by Crippen LogP contribution is 2.31. The predicted octanol–water partition coefficient (Wildman–Crippen LogP) is 3.65. The van der Waals surface area contributed by atoms with E-state index in [-0.39, 0.29) is 12.2 Å². The van der Waals surface area contributed by atoms with Gasteiger partial charge < -0.3 is 14.4 Å². The Labute approximate surface area is 214 Å². The van der Waals surface area contributed by atoms with Gasteiger partial charge >= 0.3 is 5.97 Å². The van der Waals surface area contributed by atoms with Crippen LogP contribution in [0.25, 0.3) is 6.08 Å². The maximum absolute atomic E-state index is 13.7. The van der Waals surface area contributed by atoms with Gasteiger partial charge in [0.15, 0.2) is 4.80 Å². The van der Waals surface area contributed by atoms with Crippen molar-refractivity contribution in [1.29, 1.82) is 0 Å². The molecular weight excluding hydrogens is 474 g/mol. The molecule has 1 aliphatic heterocycles. The maximum Gasteiger partial charge on any atom is 0.338 e. The van der Waals surface area contributed by atoms with Crippen molar-refractivity contribution in [1.82, 2.24) is 4.57 Å². The van der Waals surface area contributed by atoms with Crippen molar-refractivity contribution in [2.45, 2.75) is 33.7 Å². The molecule has 0 fully saturated rings. The number of benzene rings is 2. The van der Waals surface area contributed by atoms with Gasteiger partial charge in [-0.15, -0.1) is 0 Å². The third kappa shape index (κ3) is 4.86. The van der Waals surface area contributed by atoms with Crippen LogP contribution in [-0.4, -0.2) is 37.3 Å². The Balaban J connectivity index is 1.84. The zero-order chi connectivity index (χ0) is 25.8. The molecular formula is C28H31N3O4S. The number of carbonyl (C=O) groups excluding carboxylic acids is 1. The number of aromatic nitrogens is 1. The second-order valence-corrected chi connectivity index (χ2v) is 9.35. The van der Waals surface area contributed by atoms with Crippen LogP contribution in [-0.2, 0) is 9.53 Å². The fourth-order valence-electron chi connectivity index (χ4n) is 4.41. The van der Waals surface area contributed by atoms with Crippen LogP contribution in [0.3, 0.4) is 0 Å². The number of methoxy groups -OCH3 is 1. The Morgan fingerprint density at radius 3 is 2.33 bits per heavy atom. The summed E-state index contributed by atoms with van der Waals surface area (Å²) in [4.78, 5) is 34.1. The van der Waals surface area contributed by atoms with Crippen LogP contribution in [0.4, 0.5) is 5.69 Å². The molecule has 0 saturated heterocycles. The lowest BCUT2D eigenvalue weighted by Crippen LogP contribution is -2.39. The Morgan fingerprint density at radius 2 is 1.75 bits per heavy atom. The van der Waals surface area contributed by atoms with Crippen molar-refractivity contribution in [3.05, 3.63) is 90.6 Å². The molecule has 0 radical (unpaired) electrons. The predicted molar refractivity (Wildman–Crippen MR) is 143 cm³/mol. The zero-order valence-corrected chi connectivity index (χ0v) is 22.1. The van der Waals surface area contributed by atoms with Gasteiger partial charge in [0.25, 0.3) is 5.56 Å². The number of carbonyl (C=O) groups is 1. The van der Waals surface area contributed by atoms with Gasteiger partial charge in [-0.3, -0.25) is 9.36 Å². The molecule has 0 N–H and O–H groups in total. The molecule has 1 atom stereocenters. The molecule has 7 nitrogen and oxygen atoms in total. The van der Waals surface area contributed by atoms with Crippen molar-refractivity contribution in [3.63, 3.8) is 0 Å². The summed E-state index contributed by atoms with van der Waals surface area (Å²) in [6, 6.07) is 14.9. The number of ether oxygens (including phenoxy) is 2. The first-order valence-corrected chi connectivity index (χ1v) is 12.9. The number of esters is 1. The number of hydrogen-bond acceptors (Lipinski definition) is 7. The van der Waals surface area contributed by atoms with E-state index in [9.17, 15) is 9.59 Å². The molecule has 0 bridgehead atoms. The van der Waals surface area contributed by atoms with E-state index in [0.29, 0.717) is 26.4 Å². The largest absolute Gasteiger partial charge is 0.497 e. The summed E-state index contributed by atoms with van der Waals surface area (Å²) in [6.07, 6.45) is 1.88. The first kappa shape index (κ1) is 25.4. The quantitative estimate of drug-likeness (QED) is 0.437. The third-order valence-electron chi connectivity index (χ3n) is 6.27. The van der Waals surface area contributed by atoms with Crippen LogP contribution < -0.4 is 24.5 Å². The molecule has 3 aromatic rings. The van der Waals surface area contributed by atoms with Crippen LogP contribution >= 0.6 is 11.3 Å². The van der Waals surface area contributed by atoms with E-state index in [2.05, 4.69) is 35.9 Å². The van der Waals surface area contributed by atoms with E-state index in [4.69, 9.17) is 9.47 Å². The molecule has 8 heteroatoms. The van der Waals surface area contributed by atoms with Gasteiger partial charge in [-0.05, 0) is 69.2 Å². The van der Waals surface area contributed by atoms with Gasteiger partial charge in [-0.25, -0.2) is 9.79 Å². The molecule has 0 saturated carbocycles. The summed E-state index contributed by atoms with van der Waals surface area (Å²) < 4.78 is 12.8. The minimum atomic E-state index is -0.640. The number of thiazole rings is 1. The Hall–Kier alpha value is -3.65. The fraction of sp³-hybridized carbons (Fsp3) is 0.321. The normalized spacial score (nSPS) is 15.4. The highest BCUT2D eigenvalue weighted by atomic mass is 32.1. The molecule has 2 heterocycles. The van der Waals surface area contributed by atoms with Gasteiger partial charge in [0.2, 0.25) is 0 Å². The van der Waals surface area contributed by atoms with Crippen LogP contribution in [0.5, 0.6) is 5.75 Å². The Morgan fingerprint density at radius 1 is 1.08 bits per heavy atom. The average molecular weight is 506 g/mol. The number of fused-ring (bicyclic) bond motifs is 1. The van der Waals surface area contributed by atoms with Crippen molar-refractivity contribution >= 4 is 29.1 Å². The first-order chi connectivity index (χ1) is 17.4. The molecule has 0 spiro atoms. The molecule has 36 heavy (non-hydrogen) atoms. The van der Waals surface area contributed by atoms with Gasteiger partial charge in [0.1, 0.15) is 5.75 Å². The molecule has 188 valence electrons. The average Bonchev–Trinajstić information content (AvgIpc) is 3.19. The van der Waals surface area contributed by atoms with Gasteiger partial charge in [-0.1, -0.05) is 35.6 Å². The van der Waals surface area contributed by atoms with E-state index < -0.39 is 12.0 Å². The van der Waals surface area contributed by atoms with Gasteiger partial charge in [-0.2, -0.15) is 0 Å². The SMILES string of the molecule is CCOC(=O)C1=C(C)N=c2sc(=Cc3ccc(N(CC)CC)cc3)c(=O)n2[C@@H]1c1ccc(OC)cc1. The lowest BCUT2D eigenvalue weighted by Gasteiger charge is -2.24. The Bertz CT molecular complexity index is 1450. The van der Waals surface area contributed by atoms with E-state index in [1.165, 1.54) is 11.3 Å². The summed E-state index contributed by atoms with van der Waals surface area (Å²) in [5, 5.41) is 0. The maximum atomic E-state index is 13.7. The second-order valence-electron chi connectivity index (χ2n) is 8.34. The van der Waals surface area contributed by atoms with E-state index in [1.54, 1.807) is 25.5 Å². The fourth-order valence-corrected chi connectivity index (χ4v) is 5.46. The standard InChI is InChI=1S/C28H31N3O4S/c1-6-30(7-2)21-13-9-19(10-14-21)17-23-26(32)31-25(20-11-15-22(34-5)16-12-20)24(27(33)35-8-3)18(4)29-28(31)36-23/h9-17,25H,6-8H2,1-5H3/t25-/m1/s1. The number of nitrogens with zero attached hydrogens (tertiary/aromatic N) is 3. The number of anilines is 1. The van der Waals surface area contributed by atoms with Crippen LogP contribution in [0.15, 0.2) is 69.6 Å². The van der Waals surface area contributed by atoms with Gasteiger partial charge in [0, 0.05) is 18.8 Å². The summed E-state index contributed by atoms with van der Waals surface area (Å²) in [6.45, 7) is 9.90. The van der Waals surface area contributed by atoms with E-state index >= 15 is 0 Å². The Kier molecular flexibility index (Phi) is 7.74. The topological polar surface area (TPSA) is 73.1 Å². The summed E-state index contributed by atoms with van der Waals surface area (Å²) >= 11 is 1.32. The number of rotatable bonds is 8. The molecule has 2 aromatic carbocycles. The monoisotopic (exact) mass is 505 g/mol. The van der Waals surface area contributed by atoms with E-state index in [0.717, 1.165) is 29.9 Å². The summed E-state index contributed by atoms with van der Waals surface area (Å²) in [5.41, 5.74) is 3.58. The van der Waals surface area contributed by atoms with Crippen molar-refractivity contribution in [2.75, 3.05) is 31.7 Å². The minimum Gasteiger partial charge on any atom is -0.497 e. The van der Waals surface area contributed by atoms with Gasteiger partial charge in [0.05, 0.1) is 35.6 Å². The number of allylic oxidation sites excluding steroid dienone is 1. The molecule has 0 aliphatic carbocycles. The molecule has 0 amide bonds. The lowest BCUT2D eigenvalue weighted by atomic mass is 9.96. The minimum absolute atomic E-state index is 0.193. The van der Waals surface area contributed by atoms with E-state index in [1.807, 2.05) is 42.5 Å². The molecule has 4 rings (SSSR count). The molecule has 1 aromatic heterocycles. The zero-order valence-electron chi connectivity index (χ0n) is 21.3. The second kappa shape index (κ2) is 11.0. The van der Waals surface area contributed by atoms with Crippen LogP contribution in [0, 0.1) is 0 Å². The smallest absolute Gasteiger partial charge is 0.338 e. The third-order valence-corrected chi connectivity index (χ3v) is 7.25. The summed E-state index contributed by atoms with van der Waals surface area (Å²) in [7, 11) is 1.60. The van der Waals surface area contributed by atoms with Crippen molar-refractivity contribution < 1.29 is 14.3 Å². The highest BCUT2D eigenvalue weighted by molar-refractivity contribution is 7.07. The molecule has 0 unspecified atom stereocenters. The van der Waals surface area contributed by atoms with Crippen LogP contribution in [0.1, 0.15) is 44.9 Å². The van der Waals surface area contributed by atoms with Crippen molar-refractivity contribution in [3.8, 4) is 5.75 Å². The number of hydrogen-bond donors (Lipinski definition) is 0. The van der Waals surface area contributed by atoms with Crippen LogP contribution in [0.2, 0.25) is 0 Å².